The van der Waals surface area contributed by atoms with E-state index in [1.54, 1.807) is 4.68 Å². The molecule has 1 aromatic carbocycles. The minimum Gasteiger partial charge on any atom is -0.340 e. The van der Waals surface area contributed by atoms with E-state index in [9.17, 15) is 9.59 Å². The molecule has 8 nitrogen and oxygen atoms in total. The molecule has 5 rings (SSSR count). The van der Waals surface area contributed by atoms with Crippen LogP contribution in [0, 0.1) is 11.8 Å². The molecule has 0 spiro atoms. The first-order chi connectivity index (χ1) is 14.2. The van der Waals surface area contributed by atoms with Crippen LogP contribution in [0.2, 0.25) is 0 Å². The Hall–Kier alpha value is -2.77. The molecule has 3 aliphatic rings. The van der Waals surface area contributed by atoms with Crippen LogP contribution >= 0.6 is 0 Å². The number of piperidine rings is 3. The van der Waals surface area contributed by atoms with Crippen LogP contribution in [0.1, 0.15) is 37.3 Å². The van der Waals surface area contributed by atoms with Gasteiger partial charge in [0.2, 0.25) is 11.8 Å². The Morgan fingerprint density at radius 3 is 2.83 bits per heavy atom. The normalized spacial score (nSPS) is 27.4. The Morgan fingerprint density at radius 1 is 1.17 bits per heavy atom. The van der Waals surface area contributed by atoms with Gasteiger partial charge in [0.1, 0.15) is 12.4 Å². The lowest BCUT2D eigenvalue weighted by atomic mass is 9.76. The lowest BCUT2D eigenvalue weighted by molar-refractivity contribution is -0.150. The molecular formula is C21H26N6O2. The van der Waals surface area contributed by atoms with Crippen molar-refractivity contribution in [2.75, 3.05) is 19.6 Å². The Labute approximate surface area is 169 Å². The molecule has 4 heterocycles. The van der Waals surface area contributed by atoms with E-state index in [2.05, 4.69) is 20.4 Å². The summed E-state index contributed by atoms with van der Waals surface area (Å²) in [4.78, 5) is 30.1. The van der Waals surface area contributed by atoms with E-state index in [0.29, 0.717) is 43.2 Å². The van der Waals surface area contributed by atoms with Crippen molar-refractivity contribution in [1.82, 2.24) is 30.0 Å². The maximum Gasteiger partial charge on any atom is 0.247 e. The molecule has 1 unspecified atom stereocenters. The zero-order valence-electron chi connectivity index (χ0n) is 16.4. The van der Waals surface area contributed by atoms with E-state index in [0.717, 1.165) is 37.9 Å². The fraction of sp³-hybridized carbons (Fsp3) is 0.571. The second kappa shape index (κ2) is 7.57. The molecule has 3 aliphatic heterocycles. The third kappa shape index (κ3) is 3.52. The monoisotopic (exact) mass is 394 g/mol. The number of amides is 2. The largest absolute Gasteiger partial charge is 0.340 e. The van der Waals surface area contributed by atoms with Crippen molar-refractivity contribution in [3.8, 4) is 0 Å². The number of carbonyl (C=O) groups is 2. The molecule has 152 valence electrons. The zero-order chi connectivity index (χ0) is 19.8. The van der Waals surface area contributed by atoms with Crippen LogP contribution in [-0.2, 0) is 16.0 Å². The maximum absolute atomic E-state index is 13.6. The summed E-state index contributed by atoms with van der Waals surface area (Å²) in [6.45, 7) is 2.22. The molecule has 29 heavy (non-hydrogen) atoms. The molecule has 0 radical (unpaired) electrons. The number of tetrazole rings is 1. The van der Waals surface area contributed by atoms with E-state index in [1.807, 2.05) is 35.2 Å². The van der Waals surface area contributed by atoms with Crippen LogP contribution < -0.4 is 0 Å². The number of aromatic nitrogens is 4. The number of nitrogens with zero attached hydrogens (tertiary/aromatic N) is 6. The molecule has 8 heteroatoms. The third-order valence-corrected chi connectivity index (χ3v) is 6.73. The zero-order valence-corrected chi connectivity index (χ0v) is 16.4. The van der Waals surface area contributed by atoms with E-state index >= 15 is 0 Å². The molecule has 1 aromatic heterocycles. The molecule has 0 aliphatic carbocycles. The highest BCUT2D eigenvalue weighted by molar-refractivity contribution is 5.81. The average Bonchev–Trinajstić information content (AvgIpc) is 3.27. The standard InChI is InChI=1S/C21H26N6O2/c28-20-8-4-7-18-17-9-16(12-26(18)20)11-25(13-17)21(29)19(27-14-22-23-24-27)10-15-5-2-1-3-6-15/h1-3,5-6,14,16-19H,4,7-13H2/t16-,17+,18?,19+/m1/s1. The summed E-state index contributed by atoms with van der Waals surface area (Å²) in [6.07, 6.45) is 5.91. The van der Waals surface area contributed by atoms with Crippen LogP contribution in [0.25, 0.3) is 0 Å². The van der Waals surface area contributed by atoms with Crippen LogP contribution in [-0.4, -0.2) is 67.5 Å². The highest BCUT2D eigenvalue weighted by Crippen LogP contribution is 2.38. The van der Waals surface area contributed by atoms with Gasteiger partial charge in [0.15, 0.2) is 0 Å². The summed E-state index contributed by atoms with van der Waals surface area (Å²) >= 11 is 0. The summed E-state index contributed by atoms with van der Waals surface area (Å²) in [5, 5.41) is 11.5. The summed E-state index contributed by atoms with van der Waals surface area (Å²) in [5.41, 5.74) is 1.09. The van der Waals surface area contributed by atoms with Gasteiger partial charge in [-0.15, -0.1) is 5.10 Å². The number of fused-ring (bicyclic) bond motifs is 4. The maximum atomic E-state index is 13.6. The molecule has 3 saturated heterocycles. The van der Waals surface area contributed by atoms with E-state index < -0.39 is 6.04 Å². The van der Waals surface area contributed by atoms with Crippen molar-refractivity contribution in [2.45, 2.75) is 44.2 Å². The molecule has 0 saturated carbocycles. The number of benzene rings is 1. The fourth-order valence-electron chi connectivity index (χ4n) is 5.44. The second-order valence-electron chi connectivity index (χ2n) is 8.61. The molecule has 2 bridgehead atoms. The van der Waals surface area contributed by atoms with Crippen molar-refractivity contribution < 1.29 is 9.59 Å². The van der Waals surface area contributed by atoms with Crippen LogP contribution in [0.3, 0.4) is 0 Å². The first-order valence-electron chi connectivity index (χ1n) is 10.5. The van der Waals surface area contributed by atoms with Gasteiger partial charge in [-0.25, -0.2) is 4.68 Å². The average molecular weight is 394 g/mol. The summed E-state index contributed by atoms with van der Waals surface area (Å²) in [5.74, 6) is 1.11. The van der Waals surface area contributed by atoms with Gasteiger partial charge < -0.3 is 9.80 Å². The summed E-state index contributed by atoms with van der Waals surface area (Å²) in [6, 6.07) is 9.84. The highest BCUT2D eigenvalue weighted by atomic mass is 16.2. The van der Waals surface area contributed by atoms with Gasteiger partial charge in [0, 0.05) is 38.5 Å². The van der Waals surface area contributed by atoms with Crippen molar-refractivity contribution in [3.63, 3.8) is 0 Å². The number of rotatable bonds is 4. The smallest absolute Gasteiger partial charge is 0.247 e. The molecular weight excluding hydrogens is 368 g/mol. The summed E-state index contributed by atoms with van der Waals surface area (Å²) in [7, 11) is 0. The molecule has 2 aromatic rings. The topological polar surface area (TPSA) is 84.2 Å². The van der Waals surface area contributed by atoms with Crippen molar-refractivity contribution >= 4 is 11.8 Å². The van der Waals surface area contributed by atoms with Crippen LogP contribution in [0.4, 0.5) is 0 Å². The summed E-state index contributed by atoms with van der Waals surface area (Å²) < 4.78 is 1.58. The van der Waals surface area contributed by atoms with Gasteiger partial charge in [0.25, 0.3) is 0 Å². The lowest BCUT2D eigenvalue weighted by Gasteiger charge is -2.52. The Balaban J connectivity index is 1.36. The first kappa shape index (κ1) is 18.3. The fourth-order valence-corrected chi connectivity index (χ4v) is 5.44. The third-order valence-electron chi connectivity index (χ3n) is 6.73. The second-order valence-corrected chi connectivity index (χ2v) is 8.61. The Kier molecular flexibility index (Phi) is 4.77. The number of hydrogen-bond donors (Lipinski definition) is 0. The van der Waals surface area contributed by atoms with Gasteiger partial charge in [-0.2, -0.15) is 0 Å². The molecule has 2 amide bonds. The van der Waals surface area contributed by atoms with Crippen molar-refractivity contribution in [2.24, 2.45) is 11.8 Å². The van der Waals surface area contributed by atoms with Gasteiger partial charge in [-0.05, 0) is 47.1 Å². The van der Waals surface area contributed by atoms with Gasteiger partial charge in [-0.3, -0.25) is 9.59 Å². The minimum atomic E-state index is -0.449. The van der Waals surface area contributed by atoms with Gasteiger partial charge in [0.05, 0.1) is 0 Å². The van der Waals surface area contributed by atoms with Gasteiger partial charge in [-0.1, -0.05) is 30.3 Å². The van der Waals surface area contributed by atoms with E-state index in [-0.39, 0.29) is 5.91 Å². The van der Waals surface area contributed by atoms with E-state index in [1.165, 1.54) is 6.33 Å². The van der Waals surface area contributed by atoms with Crippen LogP contribution in [0.15, 0.2) is 36.7 Å². The predicted molar refractivity (Wildman–Crippen MR) is 105 cm³/mol. The molecule has 0 N–H and O–H groups in total. The highest BCUT2D eigenvalue weighted by Gasteiger charge is 2.45. The van der Waals surface area contributed by atoms with E-state index in [4.69, 9.17) is 0 Å². The molecule has 4 atom stereocenters. The lowest BCUT2D eigenvalue weighted by Crippen LogP contribution is -2.61. The number of likely N-dealkylation sites (tertiary alicyclic amines) is 1. The van der Waals surface area contributed by atoms with Crippen molar-refractivity contribution in [1.29, 1.82) is 0 Å². The number of hydrogen-bond acceptors (Lipinski definition) is 5. The molecule has 3 fully saturated rings. The first-order valence-corrected chi connectivity index (χ1v) is 10.5. The SMILES string of the molecule is O=C([C@H](Cc1ccccc1)n1cnnn1)N1C[C@H]2C[C@@H](C1)C1CCCC(=O)N1C2. The minimum absolute atomic E-state index is 0.0754. The quantitative estimate of drug-likeness (QED) is 0.781. The Bertz CT molecular complexity index is 871. The predicted octanol–water partition coefficient (Wildman–Crippen LogP) is 1.32. The Morgan fingerprint density at radius 2 is 2.03 bits per heavy atom. The van der Waals surface area contributed by atoms with Crippen LogP contribution in [0.5, 0.6) is 0 Å². The van der Waals surface area contributed by atoms with Crippen molar-refractivity contribution in [3.05, 3.63) is 42.2 Å². The number of carbonyl (C=O) groups excluding carboxylic acids is 2. The van der Waals surface area contributed by atoms with Gasteiger partial charge >= 0.3 is 0 Å².